The number of carboxylic acid groups (broad SMARTS) is 2. The molecule has 1 saturated carbocycles. The second-order valence-electron chi connectivity index (χ2n) is 3.15. The van der Waals surface area contributed by atoms with Crippen molar-refractivity contribution >= 4 is 11.9 Å². The van der Waals surface area contributed by atoms with Gasteiger partial charge in [-0.15, -0.1) is 0 Å². The summed E-state index contributed by atoms with van der Waals surface area (Å²) in [6.07, 6.45) is 0. The zero-order valence-corrected chi connectivity index (χ0v) is 6.75. The van der Waals surface area contributed by atoms with Gasteiger partial charge in [0.05, 0.1) is 5.92 Å². The van der Waals surface area contributed by atoms with Crippen LogP contribution in [0.3, 0.4) is 0 Å². The second kappa shape index (κ2) is 3.31. The van der Waals surface area contributed by atoms with Gasteiger partial charge in [-0.05, 0) is 0 Å². The molecule has 0 bridgehead atoms. The Kier molecular flexibility index (Phi) is 2.53. The average molecular weight is 189 g/mol. The Labute approximate surface area is 74.0 Å². The van der Waals surface area contributed by atoms with E-state index in [1.165, 1.54) is 0 Å². The molecule has 6 heteroatoms. The molecule has 0 amide bonds. The van der Waals surface area contributed by atoms with Crippen LogP contribution >= 0.6 is 0 Å². The topological polar surface area (TPSA) is 121 Å². The molecule has 0 aliphatic heterocycles. The first-order chi connectivity index (χ1) is 6.00. The third kappa shape index (κ3) is 1.63. The van der Waals surface area contributed by atoms with Gasteiger partial charge in [-0.2, -0.15) is 0 Å². The van der Waals surface area contributed by atoms with Crippen LogP contribution < -0.4 is 5.73 Å². The van der Waals surface area contributed by atoms with Gasteiger partial charge < -0.3 is 21.1 Å². The van der Waals surface area contributed by atoms with Crippen LogP contribution in [-0.2, 0) is 9.59 Å². The summed E-state index contributed by atoms with van der Waals surface area (Å²) in [5, 5.41) is 25.8. The van der Waals surface area contributed by atoms with Gasteiger partial charge in [0.25, 0.3) is 0 Å². The standard InChI is InChI=1S/C7H11NO5/c8-5(7(12)13)3-2(1-9)4(3)6(10)11/h2-5,9H,1,8H2,(H,10,11)(H,12,13). The SMILES string of the molecule is NC(C(=O)O)C1C(CO)C1C(=O)O. The molecular weight excluding hydrogens is 178 g/mol. The van der Waals surface area contributed by atoms with E-state index in [2.05, 4.69) is 0 Å². The number of nitrogens with two attached hydrogens (primary N) is 1. The minimum Gasteiger partial charge on any atom is -0.481 e. The molecule has 1 fully saturated rings. The third-order valence-electron chi connectivity index (χ3n) is 2.43. The number of aliphatic carboxylic acids is 2. The molecule has 6 nitrogen and oxygen atoms in total. The Bertz CT molecular complexity index is 241. The van der Waals surface area contributed by atoms with Gasteiger partial charge in [0.1, 0.15) is 6.04 Å². The summed E-state index contributed by atoms with van der Waals surface area (Å²) in [7, 11) is 0. The molecule has 0 aromatic rings. The predicted octanol–water partition coefficient (Wildman–Crippen LogP) is -1.66. The first kappa shape index (κ1) is 9.94. The lowest BCUT2D eigenvalue weighted by Crippen LogP contribution is -2.34. The van der Waals surface area contributed by atoms with Crippen LogP contribution in [0, 0.1) is 17.8 Å². The summed E-state index contributed by atoms with van der Waals surface area (Å²) < 4.78 is 0. The van der Waals surface area contributed by atoms with Crippen molar-refractivity contribution in [1.82, 2.24) is 0 Å². The highest BCUT2D eigenvalue weighted by Gasteiger charge is 2.59. The monoisotopic (exact) mass is 189 g/mol. The molecule has 1 rings (SSSR count). The minimum absolute atomic E-state index is 0.331. The molecule has 0 spiro atoms. The number of aliphatic hydroxyl groups excluding tert-OH is 1. The van der Waals surface area contributed by atoms with E-state index in [0.29, 0.717) is 0 Å². The number of rotatable bonds is 4. The van der Waals surface area contributed by atoms with Crippen molar-refractivity contribution in [3.05, 3.63) is 0 Å². The molecule has 74 valence electrons. The fourth-order valence-corrected chi connectivity index (χ4v) is 1.64. The number of carboxylic acids is 2. The molecule has 1 aliphatic carbocycles. The van der Waals surface area contributed by atoms with Crippen molar-refractivity contribution in [3.63, 3.8) is 0 Å². The average Bonchev–Trinajstić information content (AvgIpc) is 2.76. The number of carbonyl (C=O) groups is 2. The first-order valence-electron chi connectivity index (χ1n) is 3.82. The van der Waals surface area contributed by atoms with Gasteiger partial charge >= 0.3 is 11.9 Å². The van der Waals surface area contributed by atoms with Gasteiger partial charge in [0.2, 0.25) is 0 Å². The zero-order valence-electron chi connectivity index (χ0n) is 6.75. The van der Waals surface area contributed by atoms with E-state index in [0.717, 1.165) is 0 Å². The van der Waals surface area contributed by atoms with Gasteiger partial charge in [-0.3, -0.25) is 9.59 Å². The lowest BCUT2D eigenvalue weighted by Gasteiger charge is -2.03. The first-order valence-corrected chi connectivity index (χ1v) is 3.82. The van der Waals surface area contributed by atoms with E-state index in [4.69, 9.17) is 21.1 Å². The Morgan fingerprint density at radius 3 is 2.15 bits per heavy atom. The van der Waals surface area contributed by atoms with Gasteiger partial charge in [-0.25, -0.2) is 0 Å². The van der Waals surface area contributed by atoms with E-state index in [1.807, 2.05) is 0 Å². The maximum absolute atomic E-state index is 10.5. The highest BCUT2D eigenvalue weighted by Crippen LogP contribution is 2.47. The van der Waals surface area contributed by atoms with Crippen molar-refractivity contribution in [2.45, 2.75) is 6.04 Å². The van der Waals surface area contributed by atoms with Crippen molar-refractivity contribution < 1.29 is 24.9 Å². The minimum atomic E-state index is -1.23. The summed E-state index contributed by atoms with van der Waals surface area (Å²) in [5.41, 5.74) is 5.24. The Morgan fingerprint density at radius 1 is 1.38 bits per heavy atom. The lowest BCUT2D eigenvalue weighted by atomic mass is 10.1. The second-order valence-corrected chi connectivity index (χ2v) is 3.15. The molecule has 0 aromatic carbocycles. The quantitative estimate of drug-likeness (QED) is 0.420. The van der Waals surface area contributed by atoms with Crippen LogP contribution in [0.4, 0.5) is 0 Å². The number of aliphatic hydroxyl groups is 1. The fourth-order valence-electron chi connectivity index (χ4n) is 1.64. The molecule has 4 atom stereocenters. The summed E-state index contributed by atoms with van der Waals surface area (Å²) in [6.45, 7) is -0.331. The molecule has 13 heavy (non-hydrogen) atoms. The zero-order chi connectivity index (χ0) is 10.2. The Hall–Kier alpha value is -1.14. The van der Waals surface area contributed by atoms with Crippen LogP contribution in [-0.4, -0.2) is 39.9 Å². The Morgan fingerprint density at radius 2 is 1.92 bits per heavy atom. The van der Waals surface area contributed by atoms with Crippen molar-refractivity contribution in [2.75, 3.05) is 6.61 Å². The fraction of sp³-hybridized carbons (Fsp3) is 0.714. The highest BCUT2D eigenvalue weighted by atomic mass is 16.4. The van der Waals surface area contributed by atoms with Crippen LogP contribution in [0.25, 0.3) is 0 Å². The van der Waals surface area contributed by atoms with Gasteiger partial charge in [-0.1, -0.05) is 0 Å². The van der Waals surface area contributed by atoms with Crippen molar-refractivity contribution in [2.24, 2.45) is 23.5 Å². The molecule has 4 unspecified atom stereocenters. The van der Waals surface area contributed by atoms with Gasteiger partial charge in [0.15, 0.2) is 0 Å². The lowest BCUT2D eigenvalue weighted by molar-refractivity contribution is -0.140. The summed E-state index contributed by atoms with van der Waals surface area (Å²) in [5.74, 6) is -4.28. The van der Waals surface area contributed by atoms with E-state index < -0.39 is 35.7 Å². The molecule has 0 radical (unpaired) electrons. The largest absolute Gasteiger partial charge is 0.481 e. The summed E-state index contributed by atoms with van der Waals surface area (Å²) in [4.78, 5) is 20.9. The smallest absolute Gasteiger partial charge is 0.320 e. The molecule has 0 saturated heterocycles. The van der Waals surface area contributed by atoms with Crippen LogP contribution in [0.15, 0.2) is 0 Å². The van der Waals surface area contributed by atoms with Crippen LogP contribution in [0.2, 0.25) is 0 Å². The number of hydrogen-bond donors (Lipinski definition) is 4. The number of hydrogen-bond acceptors (Lipinski definition) is 4. The Balaban J connectivity index is 2.63. The predicted molar refractivity (Wildman–Crippen MR) is 40.8 cm³/mol. The van der Waals surface area contributed by atoms with E-state index in [-0.39, 0.29) is 6.61 Å². The van der Waals surface area contributed by atoms with E-state index in [9.17, 15) is 9.59 Å². The maximum Gasteiger partial charge on any atom is 0.320 e. The third-order valence-corrected chi connectivity index (χ3v) is 2.43. The summed E-state index contributed by atoms with van der Waals surface area (Å²) in [6, 6.07) is -1.20. The molecule has 5 N–H and O–H groups in total. The van der Waals surface area contributed by atoms with Gasteiger partial charge in [0, 0.05) is 18.4 Å². The van der Waals surface area contributed by atoms with Crippen LogP contribution in [0.5, 0.6) is 0 Å². The molecular formula is C7H11NO5. The van der Waals surface area contributed by atoms with Crippen molar-refractivity contribution in [3.8, 4) is 0 Å². The van der Waals surface area contributed by atoms with Crippen molar-refractivity contribution in [1.29, 1.82) is 0 Å². The highest BCUT2D eigenvalue weighted by molar-refractivity contribution is 5.80. The molecule has 0 heterocycles. The molecule has 0 aromatic heterocycles. The van der Waals surface area contributed by atoms with E-state index in [1.54, 1.807) is 0 Å². The molecule has 1 aliphatic rings. The van der Waals surface area contributed by atoms with E-state index >= 15 is 0 Å². The summed E-state index contributed by atoms with van der Waals surface area (Å²) >= 11 is 0. The van der Waals surface area contributed by atoms with Crippen LogP contribution in [0.1, 0.15) is 0 Å². The maximum atomic E-state index is 10.5. The normalized spacial score (nSPS) is 33.8.